The van der Waals surface area contributed by atoms with Gasteiger partial charge in [0.05, 0.1) is 19.3 Å². The Morgan fingerprint density at radius 3 is 2.26 bits per heavy atom. The van der Waals surface area contributed by atoms with Crippen molar-refractivity contribution >= 4 is 5.91 Å². The molecule has 0 heterocycles. The summed E-state index contributed by atoms with van der Waals surface area (Å²) in [5.41, 5.74) is 5.18. The van der Waals surface area contributed by atoms with Gasteiger partial charge in [-0.3, -0.25) is 4.79 Å². The smallest absolute Gasteiger partial charge is 0.217 e. The van der Waals surface area contributed by atoms with Gasteiger partial charge in [0.25, 0.3) is 0 Å². The van der Waals surface area contributed by atoms with Gasteiger partial charge in [-0.05, 0) is 72.1 Å². The highest BCUT2D eigenvalue weighted by atomic mass is 16.5. The van der Waals surface area contributed by atoms with Crippen molar-refractivity contribution in [3.8, 4) is 17.2 Å². The van der Waals surface area contributed by atoms with Crippen LogP contribution in [0.25, 0.3) is 0 Å². The Kier molecular flexibility index (Phi) is 9.78. The minimum absolute atomic E-state index is 0.0226. The first kappa shape index (κ1) is 29.2. The highest BCUT2D eigenvalue weighted by molar-refractivity contribution is 5.73. The fourth-order valence-electron chi connectivity index (χ4n) is 5.80. The molecule has 0 radical (unpaired) electrons. The van der Waals surface area contributed by atoms with E-state index >= 15 is 0 Å². The summed E-state index contributed by atoms with van der Waals surface area (Å²) < 4.78 is 18.2. The molecule has 0 fully saturated rings. The van der Waals surface area contributed by atoms with E-state index in [-0.39, 0.29) is 11.8 Å². The second kappa shape index (κ2) is 14.1. The third-order valence-electron chi connectivity index (χ3n) is 7.92. The van der Waals surface area contributed by atoms with Crippen LogP contribution in [0.4, 0.5) is 0 Å². The molecule has 1 amide bonds. The zero-order valence-corrected chi connectivity index (χ0v) is 24.3. The molecule has 0 aliphatic heterocycles. The molecular weight excluding hydrogens is 526 g/mol. The van der Waals surface area contributed by atoms with Crippen LogP contribution in [-0.4, -0.2) is 24.2 Å². The maximum absolute atomic E-state index is 12.3. The SMILES string of the molecule is COc1cccc(C(O)C(NC(C)=O)C2CCCc3c(ccc(OCc4ccccc4)c3OCc3ccccc3)C2)c1. The summed E-state index contributed by atoms with van der Waals surface area (Å²) in [6, 6.07) is 31.3. The molecule has 6 nitrogen and oxygen atoms in total. The van der Waals surface area contributed by atoms with E-state index in [0.717, 1.165) is 53.0 Å². The molecule has 3 unspecified atom stereocenters. The van der Waals surface area contributed by atoms with Gasteiger partial charge in [0.1, 0.15) is 19.0 Å². The maximum Gasteiger partial charge on any atom is 0.217 e. The Morgan fingerprint density at radius 2 is 1.60 bits per heavy atom. The average Bonchev–Trinajstić information content (AvgIpc) is 3.25. The van der Waals surface area contributed by atoms with Gasteiger partial charge in [0, 0.05) is 12.5 Å². The van der Waals surface area contributed by atoms with E-state index in [9.17, 15) is 9.90 Å². The summed E-state index contributed by atoms with van der Waals surface area (Å²) in [5.74, 6) is 2.03. The number of ether oxygens (including phenoxy) is 3. The van der Waals surface area contributed by atoms with Crippen molar-refractivity contribution in [2.45, 2.75) is 58.0 Å². The lowest BCUT2D eigenvalue weighted by molar-refractivity contribution is -0.121. The molecule has 0 aromatic heterocycles. The Labute approximate surface area is 248 Å². The van der Waals surface area contributed by atoms with E-state index in [1.807, 2.05) is 78.9 Å². The minimum Gasteiger partial charge on any atom is -0.497 e. The highest BCUT2D eigenvalue weighted by Crippen LogP contribution is 2.41. The molecule has 4 aromatic rings. The fraction of sp³-hybridized carbons (Fsp3) is 0.306. The number of nitrogens with one attached hydrogen (secondary N) is 1. The van der Waals surface area contributed by atoms with Crippen LogP contribution in [0.2, 0.25) is 0 Å². The number of hydrogen-bond donors (Lipinski definition) is 2. The highest BCUT2D eigenvalue weighted by Gasteiger charge is 2.33. The summed E-state index contributed by atoms with van der Waals surface area (Å²) in [6.45, 7) is 2.38. The topological polar surface area (TPSA) is 77.0 Å². The molecule has 1 aliphatic rings. The molecule has 1 aliphatic carbocycles. The molecule has 42 heavy (non-hydrogen) atoms. The molecule has 0 saturated heterocycles. The van der Waals surface area contributed by atoms with Crippen LogP contribution < -0.4 is 19.5 Å². The van der Waals surface area contributed by atoms with Crippen LogP contribution in [0.3, 0.4) is 0 Å². The van der Waals surface area contributed by atoms with Gasteiger partial charge in [-0.2, -0.15) is 0 Å². The number of methoxy groups -OCH3 is 1. The van der Waals surface area contributed by atoms with Crippen LogP contribution >= 0.6 is 0 Å². The Morgan fingerprint density at radius 1 is 0.905 bits per heavy atom. The quantitative estimate of drug-likeness (QED) is 0.201. The number of benzene rings is 4. The van der Waals surface area contributed by atoms with Crippen LogP contribution in [0.15, 0.2) is 97.1 Å². The Bertz CT molecular complexity index is 1460. The number of aliphatic hydroxyl groups is 1. The Balaban J connectivity index is 1.44. The molecule has 4 aromatic carbocycles. The van der Waals surface area contributed by atoms with Crippen molar-refractivity contribution in [3.05, 3.63) is 125 Å². The van der Waals surface area contributed by atoms with Crippen molar-refractivity contribution in [3.63, 3.8) is 0 Å². The first-order chi connectivity index (χ1) is 20.5. The van der Waals surface area contributed by atoms with E-state index in [2.05, 4.69) is 23.5 Å². The second-order valence-electron chi connectivity index (χ2n) is 10.9. The van der Waals surface area contributed by atoms with Crippen LogP contribution in [0.1, 0.15) is 53.7 Å². The molecule has 0 saturated carbocycles. The lowest BCUT2D eigenvalue weighted by Crippen LogP contribution is -2.44. The molecule has 0 spiro atoms. The van der Waals surface area contributed by atoms with E-state index in [1.54, 1.807) is 7.11 Å². The van der Waals surface area contributed by atoms with E-state index in [0.29, 0.717) is 30.9 Å². The Hall–Kier alpha value is -4.29. The van der Waals surface area contributed by atoms with Gasteiger partial charge in [-0.25, -0.2) is 0 Å². The number of fused-ring (bicyclic) bond motifs is 1. The van der Waals surface area contributed by atoms with Crippen LogP contribution in [-0.2, 0) is 30.8 Å². The van der Waals surface area contributed by atoms with Crippen molar-refractivity contribution in [2.24, 2.45) is 5.92 Å². The van der Waals surface area contributed by atoms with E-state index < -0.39 is 12.1 Å². The monoisotopic (exact) mass is 565 g/mol. The summed E-state index contributed by atoms with van der Waals surface area (Å²) in [6.07, 6.45) is 2.38. The van der Waals surface area contributed by atoms with Crippen molar-refractivity contribution in [1.82, 2.24) is 5.32 Å². The lowest BCUT2D eigenvalue weighted by atomic mass is 9.84. The number of amides is 1. The molecule has 3 atom stereocenters. The van der Waals surface area contributed by atoms with Crippen molar-refractivity contribution < 1.29 is 24.1 Å². The molecule has 2 N–H and O–H groups in total. The van der Waals surface area contributed by atoms with E-state index in [4.69, 9.17) is 14.2 Å². The van der Waals surface area contributed by atoms with Gasteiger partial charge >= 0.3 is 0 Å². The van der Waals surface area contributed by atoms with Crippen LogP contribution in [0, 0.1) is 5.92 Å². The molecular formula is C36H39NO5. The fourth-order valence-corrected chi connectivity index (χ4v) is 5.80. The number of hydrogen-bond acceptors (Lipinski definition) is 5. The summed E-state index contributed by atoms with van der Waals surface area (Å²) in [4.78, 5) is 12.3. The lowest BCUT2D eigenvalue weighted by Gasteiger charge is -2.31. The standard InChI is InChI=1S/C36H39NO5/c1-25(38)37-34(35(39)30-16-9-17-31(22-30)40-2)29-15-10-18-32-28(21-29)19-20-33(41-23-26-11-5-3-6-12-26)36(32)42-24-27-13-7-4-8-14-27/h3-9,11-14,16-17,19-20,22,29,34-35,39H,10,15,18,21,23-24H2,1-2H3,(H,37,38). The van der Waals surface area contributed by atoms with Crippen molar-refractivity contribution in [2.75, 3.05) is 7.11 Å². The molecule has 6 heteroatoms. The largest absolute Gasteiger partial charge is 0.497 e. The molecule has 0 bridgehead atoms. The van der Waals surface area contributed by atoms with Gasteiger partial charge < -0.3 is 24.6 Å². The first-order valence-electron chi connectivity index (χ1n) is 14.6. The van der Waals surface area contributed by atoms with Gasteiger partial charge in [-0.1, -0.05) is 78.9 Å². The summed E-state index contributed by atoms with van der Waals surface area (Å²) in [7, 11) is 1.61. The van der Waals surface area contributed by atoms with Crippen LogP contribution in [0.5, 0.6) is 17.2 Å². The summed E-state index contributed by atoms with van der Waals surface area (Å²) >= 11 is 0. The van der Waals surface area contributed by atoms with E-state index in [1.165, 1.54) is 6.92 Å². The number of carbonyl (C=O) groups excluding carboxylic acids is 1. The average molecular weight is 566 g/mol. The normalized spacial score (nSPS) is 15.9. The number of aliphatic hydroxyl groups excluding tert-OH is 1. The molecule has 218 valence electrons. The van der Waals surface area contributed by atoms with Gasteiger partial charge in [0.2, 0.25) is 5.91 Å². The van der Waals surface area contributed by atoms with Gasteiger partial charge in [-0.15, -0.1) is 0 Å². The van der Waals surface area contributed by atoms with Crippen molar-refractivity contribution in [1.29, 1.82) is 0 Å². The number of rotatable bonds is 11. The third kappa shape index (κ3) is 7.31. The minimum atomic E-state index is -0.877. The summed E-state index contributed by atoms with van der Waals surface area (Å²) in [5, 5.41) is 14.6. The predicted molar refractivity (Wildman–Crippen MR) is 164 cm³/mol. The first-order valence-corrected chi connectivity index (χ1v) is 14.6. The number of carbonyl (C=O) groups is 1. The predicted octanol–water partition coefficient (Wildman–Crippen LogP) is 6.59. The second-order valence-corrected chi connectivity index (χ2v) is 10.9. The third-order valence-corrected chi connectivity index (χ3v) is 7.92. The maximum atomic E-state index is 12.3. The van der Waals surface area contributed by atoms with Gasteiger partial charge in [0.15, 0.2) is 11.5 Å². The zero-order valence-electron chi connectivity index (χ0n) is 24.3. The zero-order chi connectivity index (χ0) is 29.3. The molecule has 5 rings (SSSR count).